The highest BCUT2D eigenvalue weighted by molar-refractivity contribution is 9.10. The minimum Gasteiger partial charge on any atom is -0.359 e. The number of benzene rings is 1. The summed E-state index contributed by atoms with van der Waals surface area (Å²) in [5.74, 6) is 1.25. The first-order chi connectivity index (χ1) is 8.65. The van der Waals surface area contributed by atoms with Gasteiger partial charge in [0.1, 0.15) is 5.82 Å². The van der Waals surface area contributed by atoms with E-state index in [0.717, 1.165) is 15.9 Å². The predicted octanol–water partition coefficient (Wildman–Crippen LogP) is 4.41. The molecule has 4 heteroatoms. The van der Waals surface area contributed by atoms with E-state index in [-0.39, 0.29) is 5.54 Å². The van der Waals surface area contributed by atoms with Crippen LogP contribution in [0.5, 0.6) is 0 Å². The molecule has 0 aliphatic rings. The Hall–Kier alpha value is -1.06. The monoisotopic (exact) mass is 324 g/mol. The molecule has 0 spiro atoms. The molecule has 94 valence electrons. The van der Waals surface area contributed by atoms with Gasteiger partial charge in [-0.3, -0.25) is 0 Å². The molecule has 2 rings (SSSR count). The third-order valence-corrected chi connectivity index (χ3v) is 4.01. The summed E-state index contributed by atoms with van der Waals surface area (Å²) in [6.45, 7) is 2.07. The summed E-state index contributed by atoms with van der Waals surface area (Å²) in [4.78, 5) is 4.32. The third-order valence-electron chi connectivity index (χ3n) is 2.83. The first-order valence-corrected chi connectivity index (χ1v) is 6.99. The normalized spacial score (nSPS) is 13.9. The molecule has 1 heterocycles. The minimum atomic E-state index is -0.348. The van der Waals surface area contributed by atoms with Crippen LogP contribution < -0.4 is 5.32 Å². The molecule has 2 aromatic rings. The maximum absolute atomic E-state index is 6.14. The lowest BCUT2D eigenvalue weighted by Crippen LogP contribution is -2.34. The molecule has 18 heavy (non-hydrogen) atoms. The van der Waals surface area contributed by atoms with E-state index < -0.39 is 0 Å². The van der Waals surface area contributed by atoms with Crippen molar-refractivity contribution in [1.82, 2.24) is 4.98 Å². The lowest BCUT2D eigenvalue weighted by molar-refractivity contribution is 0.613. The van der Waals surface area contributed by atoms with Crippen molar-refractivity contribution < 1.29 is 0 Å². The third kappa shape index (κ3) is 2.85. The van der Waals surface area contributed by atoms with Crippen molar-refractivity contribution in [1.29, 1.82) is 0 Å². The van der Waals surface area contributed by atoms with Crippen LogP contribution in [0.1, 0.15) is 12.5 Å². The maximum atomic E-state index is 6.14. The largest absolute Gasteiger partial charge is 0.359 e. The fourth-order valence-corrected chi connectivity index (χ4v) is 2.30. The number of hydrogen-bond donors (Lipinski definition) is 1. The zero-order chi connectivity index (χ0) is 13.0. The zero-order valence-electron chi connectivity index (χ0n) is 10.0. The Kier molecular flexibility index (Phi) is 4.25. The molecule has 2 nitrogen and oxygen atoms in total. The second kappa shape index (κ2) is 5.72. The molecule has 0 saturated carbocycles. The lowest BCUT2D eigenvalue weighted by atomic mass is 9.94. The van der Waals surface area contributed by atoms with Crippen molar-refractivity contribution in [2.24, 2.45) is 0 Å². The molecule has 0 aliphatic heterocycles. The Morgan fingerprint density at radius 1 is 1.22 bits per heavy atom. The predicted molar refractivity (Wildman–Crippen MR) is 80.1 cm³/mol. The number of nitrogens with one attached hydrogen (secondary N) is 1. The highest BCUT2D eigenvalue weighted by Gasteiger charge is 2.26. The SMILES string of the molecule is CC(CCl)(Nc1ncccc1Br)c1ccccc1. The van der Waals surface area contributed by atoms with Gasteiger partial charge in [0.25, 0.3) is 0 Å². The maximum Gasteiger partial charge on any atom is 0.140 e. The smallest absolute Gasteiger partial charge is 0.140 e. The molecule has 0 radical (unpaired) electrons. The summed E-state index contributed by atoms with van der Waals surface area (Å²) in [7, 11) is 0. The number of pyridine rings is 1. The average molecular weight is 326 g/mol. The molecule has 0 bridgehead atoms. The quantitative estimate of drug-likeness (QED) is 0.842. The van der Waals surface area contributed by atoms with Gasteiger partial charge in [0.05, 0.1) is 10.0 Å². The van der Waals surface area contributed by atoms with Gasteiger partial charge in [0, 0.05) is 12.1 Å². The Morgan fingerprint density at radius 3 is 2.56 bits per heavy atom. The summed E-state index contributed by atoms with van der Waals surface area (Å²) >= 11 is 9.62. The number of halogens is 2. The Balaban J connectivity index is 2.32. The Morgan fingerprint density at radius 2 is 1.94 bits per heavy atom. The van der Waals surface area contributed by atoms with Crippen molar-refractivity contribution in [3.8, 4) is 0 Å². The number of anilines is 1. The molecule has 1 unspecified atom stereocenters. The van der Waals surface area contributed by atoms with Crippen molar-refractivity contribution in [2.45, 2.75) is 12.5 Å². The molecular formula is C14H14BrClN2. The highest BCUT2D eigenvalue weighted by atomic mass is 79.9. The van der Waals surface area contributed by atoms with Crippen LogP contribution in [0, 0.1) is 0 Å². The Bertz CT molecular complexity index is 518. The van der Waals surface area contributed by atoms with E-state index in [1.807, 2.05) is 30.3 Å². The number of alkyl halides is 1. The topological polar surface area (TPSA) is 24.9 Å². The van der Waals surface area contributed by atoms with E-state index in [1.165, 1.54) is 0 Å². The van der Waals surface area contributed by atoms with Gasteiger partial charge in [-0.05, 0) is 40.5 Å². The summed E-state index contributed by atoms with van der Waals surface area (Å²) < 4.78 is 0.928. The number of hydrogen-bond acceptors (Lipinski definition) is 2. The average Bonchev–Trinajstić information content (AvgIpc) is 2.42. The fraction of sp³-hybridized carbons (Fsp3) is 0.214. The van der Waals surface area contributed by atoms with E-state index in [1.54, 1.807) is 6.20 Å². The van der Waals surface area contributed by atoms with Crippen molar-refractivity contribution in [3.63, 3.8) is 0 Å². The van der Waals surface area contributed by atoms with Crippen LogP contribution in [-0.2, 0) is 5.54 Å². The van der Waals surface area contributed by atoms with Gasteiger partial charge in [-0.1, -0.05) is 30.3 Å². The molecule has 0 aliphatic carbocycles. The first-order valence-electron chi connectivity index (χ1n) is 5.66. The molecular weight excluding hydrogens is 312 g/mol. The fourth-order valence-electron chi connectivity index (χ4n) is 1.73. The highest BCUT2D eigenvalue weighted by Crippen LogP contribution is 2.29. The van der Waals surface area contributed by atoms with Crippen LogP contribution >= 0.6 is 27.5 Å². The summed E-state index contributed by atoms with van der Waals surface area (Å²) in [5.41, 5.74) is 0.789. The van der Waals surface area contributed by atoms with Gasteiger partial charge in [0.15, 0.2) is 0 Å². The number of aromatic nitrogens is 1. The number of nitrogens with zero attached hydrogens (tertiary/aromatic N) is 1. The second-order valence-electron chi connectivity index (χ2n) is 4.29. The lowest BCUT2D eigenvalue weighted by Gasteiger charge is -2.30. The molecule has 0 amide bonds. The van der Waals surface area contributed by atoms with Crippen molar-refractivity contribution in [2.75, 3.05) is 11.2 Å². The van der Waals surface area contributed by atoms with Gasteiger partial charge < -0.3 is 5.32 Å². The van der Waals surface area contributed by atoms with Crippen LogP contribution in [0.15, 0.2) is 53.1 Å². The number of rotatable bonds is 4. The first kappa shape index (κ1) is 13.4. The van der Waals surface area contributed by atoms with Gasteiger partial charge in [-0.15, -0.1) is 11.6 Å². The van der Waals surface area contributed by atoms with E-state index >= 15 is 0 Å². The van der Waals surface area contributed by atoms with Crippen LogP contribution in [0.25, 0.3) is 0 Å². The molecule has 1 N–H and O–H groups in total. The van der Waals surface area contributed by atoms with Crippen LogP contribution in [-0.4, -0.2) is 10.9 Å². The van der Waals surface area contributed by atoms with Gasteiger partial charge >= 0.3 is 0 Å². The molecule has 1 aromatic heterocycles. The molecule has 0 saturated heterocycles. The summed E-state index contributed by atoms with van der Waals surface area (Å²) in [6, 6.07) is 14.0. The van der Waals surface area contributed by atoms with Gasteiger partial charge in [0.2, 0.25) is 0 Å². The standard InChI is InChI=1S/C14H14BrClN2/c1-14(10-16,11-6-3-2-4-7-11)18-13-12(15)8-5-9-17-13/h2-9H,10H2,1H3,(H,17,18). The second-order valence-corrected chi connectivity index (χ2v) is 5.41. The van der Waals surface area contributed by atoms with Crippen molar-refractivity contribution in [3.05, 3.63) is 58.7 Å². The van der Waals surface area contributed by atoms with E-state index in [0.29, 0.717) is 5.88 Å². The van der Waals surface area contributed by atoms with E-state index in [2.05, 4.69) is 45.3 Å². The van der Waals surface area contributed by atoms with Crippen molar-refractivity contribution >= 4 is 33.3 Å². The minimum absolute atomic E-state index is 0.348. The van der Waals surface area contributed by atoms with Crippen LogP contribution in [0.2, 0.25) is 0 Å². The molecule has 1 atom stereocenters. The van der Waals surface area contributed by atoms with E-state index in [4.69, 9.17) is 11.6 Å². The zero-order valence-corrected chi connectivity index (χ0v) is 12.4. The van der Waals surface area contributed by atoms with Gasteiger partial charge in [-0.25, -0.2) is 4.98 Å². The molecule has 0 fully saturated rings. The molecule has 1 aromatic carbocycles. The summed E-state index contributed by atoms with van der Waals surface area (Å²) in [6.07, 6.45) is 1.76. The van der Waals surface area contributed by atoms with Crippen LogP contribution in [0.3, 0.4) is 0 Å². The van der Waals surface area contributed by atoms with Gasteiger partial charge in [-0.2, -0.15) is 0 Å². The van der Waals surface area contributed by atoms with E-state index in [9.17, 15) is 0 Å². The Labute approximate surface area is 121 Å². The summed E-state index contributed by atoms with van der Waals surface area (Å²) in [5, 5.41) is 3.40. The van der Waals surface area contributed by atoms with Crippen LogP contribution in [0.4, 0.5) is 5.82 Å².